The molecular formula is C19H19ClF2N4O4. The fourth-order valence-electron chi connectivity index (χ4n) is 3.12. The number of carbonyl (C=O) groups is 3. The summed E-state index contributed by atoms with van der Waals surface area (Å²) in [5.74, 6) is -3.94. The largest absolute Gasteiger partial charge is 0.466 e. The lowest BCUT2D eigenvalue weighted by Crippen LogP contribution is -2.40. The summed E-state index contributed by atoms with van der Waals surface area (Å²) >= 11 is 5.79. The maximum Gasteiger partial charge on any atom is 0.309 e. The first-order valence-electron chi connectivity index (χ1n) is 9.27. The molecule has 1 fully saturated rings. The van der Waals surface area contributed by atoms with Crippen LogP contribution in [0.15, 0.2) is 18.2 Å². The summed E-state index contributed by atoms with van der Waals surface area (Å²) < 4.78 is 31.5. The van der Waals surface area contributed by atoms with Crippen LogP contribution in [0.1, 0.15) is 40.6 Å². The average Bonchev–Trinajstić information content (AvgIpc) is 3.18. The van der Waals surface area contributed by atoms with Crippen molar-refractivity contribution in [2.75, 3.05) is 25.0 Å². The molecule has 2 aromatic rings. The van der Waals surface area contributed by atoms with Gasteiger partial charge in [0, 0.05) is 19.2 Å². The fourth-order valence-corrected chi connectivity index (χ4v) is 3.36. The van der Waals surface area contributed by atoms with Crippen molar-refractivity contribution in [1.82, 2.24) is 15.1 Å². The fraction of sp³-hybridized carbons (Fsp3) is 0.368. The van der Waals surface area contributed by atoms with Crippen molar-refractivity contribution < 1.29 is 27.9 Å². The van der Waals surface area contributed by atoms with Crippen LogP contribution < -0.4 is 5.32 Å². The number of hydrogen-bond donors (Lipinski definition) is 2. The first-order chi connectivity index (χ1) is 14.3. The van der Waals surface area contributed by atoms with E-state index in [0.29, 0.717) is 44.7 Å². The van der Waals surface area contributed by atoms with Crippen molar-refractivity contribution in [3.05, 3.63) is 46.1 Å². The molecule has 1 aromatic heterocycles. The molecule has 0 saturated carbocycles. The number of carbonyl (C=O) groups excluding carboxylic acids is 3. The number of H-pyrrole nitrogens is 1. The van der Waals surface area contributed by atoms with E-state index in [1.807, 2.05) is 0 Å². The van der Waals surface area contributed by atoms with Crippen molar-refractivity contribution in [1.29, 1.82) is 0 Å². The number of nitrogens with one attached hydrogen (secondary N) is 2. The molecule has 2 amide bonds. The quantitative estimate of drug-likeness (QED) is 0.549. The highest BCUT2D eigenvalue weighted by Crippen LogP contribution is 2.22. The van der Waals surface area contributed by atoms with Gasteiger partial charge in [-0.05, 0) is 31.9 Å². The molecule has 160 valence electrons. The van der Waals surface area contributed by atoms with E-state index in [1.54, 1.807) is 11.8 Å². The van der Waals surface area contributed by atoms with Gasteiger partial charge in [0.05, 0.1) is 23.1 Å². The molecule has 30 heavy (non-hydrogen) atoms. The predicted molar refractivity (Wildman–Crippen MR) is 103 cm³/mol. The topological polar surface area (TPSA) is 104 Å². The standard InChI is InChI=1S/C19H19ClF2N4O4/c1-2-30-19(29)10-3-5-26(6-4-10)18(28)15-9-16(25-24-15)23-17(27)11-7-13(21)14(22)8-12(11)20/h7-10H,2-6H2,1H3,(H2,23,24,25,27). The minimum Gasteiger partial charge on any atom is -0.466 e. The summed E-state index contributed by atoms with van der Waals surface area (Å²) in [6.45, 7) is 2.81. The lowest BCUT2D eigenvalue weighted by Gasteiger charge is -2.30. The van der Waals surface area contributed by atoms with Gasteiger partial charge in [-0.3, -0.25) is 19.5 Å². The van der Waals surface area contributed by atoms with E-state index in [4.69, 9.17) is 16.3 Å². The van der Waals surface area contributed by atoms with Crippen LogP contribution in [0, 0.1) is 17.6 Å². The van der Waals surface area contributed by atoms with Crippen molar-refractivity contribution >= 4 is 35.2 Å². The molecule has 1 aromatic carbocycles. The highest BCUT2D eigenvalue weighted by molar-refractivity contribution is 6.34. The maximum atomic E-state index is 13.4. The number of hydrogen-bond acceptors (Lipinski definition) is 5. The number of aromatic nitrogens is 2. The summed E-state index contributed by atoms with van der Waals surface area (Å²) in [7, 11) is 0. The molecule has 1 saturated heterocycles. The van der Waals surface area contributed by atoms with E-state index < -0.39 is 17.5 Å². The molecule has 0 bridgehead atoms. The highest BCUT2D eigenvalue weighted by atomic mass is 35.5. The number of aromatic amines is 1. The van der Waals surface area contributed by atoms with E-state index in [1.165, 1.54) is 6.07 Å². The molecule has 1 aliphatic heterocycles. The first kappa shape index (κ1) is 21.7. The van der Waals surface area contributed by atoms with Crippen molar-refractivity contribution in [3.63, 3.8) is 0 Å². The molecule has 0 spiro atoms. The zero-order valence-corrected chi connectivity index (χ0v) is 16.8. The van der Waals surface area contributed by atoms with Crippen LogP contribution in [0.5, 0.6) is 0 Å². The SMILES string of the molecule is CCOC(=O)C1CCN(C(=O)c2cc(NC(=O)c3cc(F)c(F)cc3Cl)[nH]n2)CC1. The Kier molecular flexibility index (Phi) is 6.66. The number of likely N-dealkylation sites (tertiary alicyclic amines) is 1. The molecule has 0 unspecified atom stereocenters. The smallest absolute Gasteiger partial charge is 0.309 e. The Morgan fingerprint density at radius 1 is 1.23 bits per heavy atom. The van der Waals surface area contributed by atoms with Gasteiger partial charge in [0.15, 0.2) is 17.3 Å². The maximum absolute atomic E-state index is 13.4. The van der Waals surface area contributed by atoms with Gasteiger partial charge in [-0.15, -0.1) is 0 Å². The van der Waals surface area contributed by atoms with Crippen LogP contribution >= 0.6 is 11.6 Å². The van der Waals surface area contributed by atoms with E-state index in [9.17, 15) is 23.2 Å². The van der Waals surface area contributed by atoms with Crippen molar-refractivity contribution in [2.45, 2.75) is 19.8 Å². The number of halogens is 3. The molecule has 2 heterocycles. The van der Waals surface area contributed by atoms with Crippen LogP contribution in [0.3, 0.4) is 0 Å². The van der Waals surface area contributed by atoms with Crippen molar-refractivity contribution in [2.24, 2.45) is 5.92 Å². The number of anilines is 1. The zero-order chi connectivity index (χ0) is 21.8. The number of benzene rings is 1. The lowest BCUT2D eigenvalue weighted by atomic mass is 9.97. The third kappa shape index (κ3) is 4.76. The normalized spacial score (nSPS) is 14.5. The minimum atomic E-state index is -1.21. The second-order valence-corrected chi connectivity index (χ2v) is 7.09. The van der Waals surface area contributed by atoms with Gasteiger partial charge >= 0.3 is 5.97 Å². The molecule has 2 N–H and O–H groups in total. The lowest BCUT2D eigenvalue weighted by molar-refractivity contribution is -0.149. The number of piperidine rings is 1. The zero-order valence-electron chi connectivity index (χ0n) is 16.0. The molecule has 1 aliphatic rings. The van der Waals surface area contributed by atoms with E-state index in [0.717, 1.165) is 0 Å². The molecule has 11 heteroatoms. The number of ether oxygens (including phenoxy) is 1. The van der Waals surface area contributed by atoms with Crippen molar-refractivity contribution in [3.8, 4) is 0 Å². The third-order valence-electron chi connectivity index (χ3n) is 4.70. The van der Waals surface area contributed by atoms with Gasteiger partial charge in [-0.25, -0.2) is 8.78 Å². The summed E-state index contributed by atoms with van der Waals surface area (Å²) in [4.78, 5) is 38.2. The summed E-state index contributed by atoms with van der Waals surface area (Å²) in [5.41, 5.74) is -0.199. The Hall–Kier alpha value is -3.01. The van der Waals surface area contributed by atoms with Crippen LogP contribution in [-0.2, 0) is 9.53 Å². The van der Waals surface area contributed by atoms with Gasteiger partial charge in [-0.2, -0.15) is 5.10 Å². The van der Waals surface area contributed by atoms with Gasteiger partial charge in [0.1, 0.15) is 5.82 Å². The van der Waals surface area contributed by atoms with Crippen LogP contribution in [0.25, 0.3) is 0 Å². The van der Waals surface area contributed by atoms with Gasteiger partial charge < -0.3 is 15.0 Å². The number of esters is 1. The van der Waals surface area contributed by atoms with E-state index in [-0.39, 0.29) is 39.9 Å². The van der Waals surface area contributed by atoms with Crippen LogP contribution in [-0.4, -0.2) is 52.6 Å². The van der Waals surface area contributed by atoms with Gasteiger partial charge in [0.2, 0.25) is 0 Å². The molecule has 3 rings (SSSR count). The van der Waals surface area contributed by atoms with Crippen LogP contribution in [0.2, 0.25) is 5.02 Å². The Bertz CT molecular complexity index is 973. The molecule has 0 radical (unpaired) electrons. The molecule has 8 nitrogen and oxygen atoms in total. The third-order valence-corrected chi connectivity index (χ3v) is 5.01. The highest BCUT2D eigenvalue weighted by Gasteiger charge is 2.29. The molecule has 0 atom stereocenters. The number of rotatable bonds is 5. The van der Waals surface area contributed by atoms with E-state index in [2.05, 4.69) is 15.5 Å². The number of amides is 2. The monoisotopic (exact) mass is 440 g/mol. The summed E-state index contributed by atoms with van der Waals surface area (Å²) in [6.07, 6.45) is 0.987. The molecular weight excluding hydrogens is 422 g/mol. The number of nitrogens with zero attached hydrogens (tertiary/aromatic N) is 2. The van der Waals surface area contributed by atoms with Gasteiger partial charge in [-0.1, -0.05) is 11.6 Å². The average molecular weight is 441 g/mol. The van der Waals surface area contributed by atoms with E-state index >= 15 is 0 Å². The Morgan fingerprint density at radius 3 is 2.57 bits per heavy atom. The second-order valence-electron chi connectivity index (χ2n) is 6.69. The summed E-state index contributed by atoms with van der Waals surface area (Å²) in [6, 6.07) is 2.71. The Labute approximate surface area is 175 Å². The molecule has 0 aliphatic carbocycles. The minimum absolute atomic E-state index is 0.0660. The van der Waals surface area contributed by atoms with Crippen LogP contribution in [0.4, 0.5) is 14.6 Å². The Balaban J connectivity index is 1.61. The summed E-state index contributed by atoms with van der Waals surface area (Å²) in [5, 5.41) is 8.53. The predicted octanol–water partition coefficient (Wildman–Crippen LogP) is 3.01. The van der Waals surface area contributed by atoms with Gasteiger partial charge in [0.25, 0.3) is 11.8 Å². The first-order valence-corrected chi connectivity index (χ1v) is 9.65. The Morgan fingerprint density at radius 2 is 1.90 bits per heavy atom. The second kappa shape index (κ2) is 9.21.